The second-order valence-electron chi connectivity index (χ2n) is 4.63. The first-order valence-corrected chi connectivity index (χ1v) is 8.25. The van der Waals surface area contributed by atoms with Crippen molar-refractivity contribution in [3.63, 3.8) is 0 Å². The molecule has 0 saturated carbocycles. The molecule has 2 nitrogen and oxygen atoms in total. The summed E-state index contributed by atoms with van der Waals surface area (Å²) in [5.74, 6) is 0. The molecule has 21 heavy (non-hydrogen) atoms. The fraction of sp³-hybridized carbons (Fsp3) is 0.571. The highest BCUT2D eigenvalue weighted by molar-refractivity contribution is 9.11. The van der Waals surface area contributed by atoms with Crippen LogP contribution in [-0.2, 0) is 4.74 Å². The Hall–Kier alpha value is -0.110. The third kappa shape index (κ3) is 7.63. The summed E-state index contributed by atoms with van der Waals surface area (Å²) in [5.41, 5.74) is 1.01. The van der Waals surface area contributed by atoms with Crippen molar-refractivity contribution in [1.82, 2.24) is 5.32 Å². The Labute approximate surface area is 139 Å². The Morgan fingerprint density at radius 3 is 2.62 bits per heavy atom. The van der Waals surface area contributed by atoms with Gasteiger partial charge in [0.05, 0.1) is 0 Å². The fourth-order valence-corrected chi connectivity index (χ4v) is 2.76. The molecule has 0 aromatic heterocycles. The molecule has 1 aromatic carbocycles. The van der Waals surface area contributed by atoms with Gasteiger partial charge in [-0.25, -0.2) is 0 Å². The summed E-state index contributed by atoms with van der Waals surface area (Å²) in [5, 5.41) is 3.34. The van der Waals surface area contributed by atoms with E-state index in [0.29, 0.717) is 6.42 Å². The molecule has 0 aliphatic carbocycles. The zero-order valence-corrected chi connectivity index (χ0v) is 14.8. The molecule has 0 aliphatic rings. The van der Waals surface area contributed by atoms with E-state index in [2.05, 4.69) is 37.2 Å². The highest BCUT2D eigenvalue weighted by Gasteiger charge is 2.27. The van der Waals surface area contributed by atoms with Crippen LogP contribution in [0, 0.1) is 0 Å². The summed E-state index contributed by atoms with van der Waals surface area (Å²) in [4.78, 5) is 0. The van der Waals surface area contributed by atoms with Gasteiger partial charge in [0, 0.05) is 21.6 Å². The molecule has 0 radical (unpaired) electrons. The van der Waals surface area contributed by atoms with Gasteiger partial charge >= 0.3 is 6.18 Å². The van der Waals surface area contributed by atoms with Crippen molar-refractivity contribution in [3.8, 4) is 0 Å². The number of ether oxygens (including phenoxy) is 1. The first-order valence-electron chi connectivity index (χ1n) is 6.66. The van der Waals surface area contributed by atoms with E-state index in [0.717, 1.165) is 27.5 Å². The van der Waals surface area contributed by atoms with Crippen LogP contribution in [0.2, 0.25) is 0 Å². The minimum atomic E-state index is -4.28. The number of rotatable bonds is 8. The smallest absolute Gasteiger partial charge is 0.372 e. The first-order chi connectivity index (χ1) is 9.83. The molecule has 7 heteroatoms. The van der Waals surface area contributed by atoms with Crippen LogP contribution in [0.5, 0.6) is 0 Å². The van der Waals surface area contributed by atoms with Crippen LogP contribution in [0.3, 0.4) is 0 Å². The van der Waals surface area contributed by atoms with Crippen molar-refractivity contribution in [3.05, 3.63) is 32.7 Å². The molecule has 0 fully saturated rings. The lowest BCUT2D eigenvalue weighted by atomic mass is 10.0. The summed E-state index contributed by atoms with van der Waals surface area (Å²) >= 11 is 6.89. The van der Waals surface area contributed by atoms with Gasteiger partial charge in [0.2, 0.25) is 0 Å². The zero-order valence-electron chi connectivity index (χ0n) is 11.6. The molecule has 0 amide bonds. The second kappa shape index (κ2) is 9.12. The third-order valence-corrected chi connectivity index (χ3v) is 4.01. The summed E-state index contributed by atoms with van der Waals surface area (Å²) in [6.07, 6.45) is -2.85. The molecule has 1 unspecified atom stereocenters. The second-order valence-corrected chi connectivity index (χ2v) is 6.40. The first kappa shape index (κ1) is 18.9. The maximum absolute atomic E-state index is 12.1. The van der Waals surface area contributed by atoms with Gasteiger partial charge < -0.3 is 10.1 Å². The maximum atomic E-state index is 12.1. The maximum Gasteiger partial charge on any atom is 0.411 e. The van der Waals surface area contributed by atoms with Crippen LogP contribution in [-0.4, -0.2) is 25.9 Å². The highest BCUT2D eigenvalue weighted by atomic mass is 79.9. The molecular formula is C14H18Br2F3NO. The van der Waals surface area contributed by atoms with Crippen molar-refractivity contribution in [1.29, 1.82) is 0 Å². The van der Waals surface area contributed by atoms with Crippen molar-refractivity contribution in [2.75, 3.05) is 19.8 Å². The quantitative estimate of drug-likeness (QED) is 0.568. The molecular weight excluding hydrogens is 415 g/mol. The van der Waals surface area contributed by atoms with Crippen LogP contribution in [0.4, 0.5) is 13.2 Å². The Kier molecular flexibility index (Phi) is 8.23. The molecule has 120 valence electrons. The third-order valence-electron chi connectivity index (χ3n) is 2.79. The zero-order chi connectivity index (χ0) is 15.9. The monoisotopic (exact) mass is 431 g/mol. The summed E-state index contributed by atoms with van der Waals surface area (Å²) in [6.45, 7) is 1.69. The van der Waals surface area contributed by atoms with E-state index in [-0.39, 0.29) is 12.6 Å². The summed E-state index contributed by atoms with van der Waals surface area (Å²) in [6, 6.07) is 5.73. The number of hydrogen-bond acceptors (Lipinski definition) is 2. The van der Waals surface area contributed by atoms with E-state index in [4.69, 9.17) is 4.74 Å². The van der Waals surface area contributed by atoms with Crippen molar-refractivity contribution in [2.24, 2.45) is 0 Å². The summed E-state index contributed by atoms with van der Waals surface area (Å²) < 4.78 is 42.8. The van der Waals surface area contributed by atoms with Crippen molar-refractivity contribution in [2.45, 2.75) is 32.0 Å². The van der Waals surface area contributed by atoms with Gasteiger partial charge in [0.1, 0.15) is 6.61 Å². The number of hydrogen-bond donors (Lipinski definition) is 1. The normalized spacial score (nSPS) is 13.4. The van der Waals surface area contributed by atoms with Gasteiger partial charge in [0.15, 0.2) is 0 Å². The number of alkyl halides is 3. The Bertz CT molecular complexity index is 441. The fourth-order valence-electron chi connectivity index (χ4n) is 1.86. The lowest BCUT2D eigenvalue weighted by Crippen LogP contribution is -2.25. The van der Waals surface area contributed by atoms with Crippen LogP contribution in [0.15, 0.2) is 27.1 Å². The Morgan fingerprint density at radius 1 is 1.29 bits per heavy atom. The van der Waals surface area contributed by atoms with E-state index >= 15 is 0 Å². The molecule has 1 atom stereocenters. The average molecular weight is 433 g/mol. The molecule has 1 aromatic rings. The van der Waals surface area contributed by atoms with E-state index in [1.807, 2.05) is 25.1 Å². The molecule has 0 saturated heterocycles. The highest BCUT2D eigenvalue weighted by Crippen LogP contribution is 2.29. The number of halogens is 5. The standard InChI is InChI=1S/C14H18Br2F3NO/c1-2-6-20-13(5-7-21-9-14(17,18)19)11-8-10(15)3-4-12(11)16/h3-4,8,13,20H,2,5-7,9H2,1H3. The topological polar surface area (TPSA) is 21.3 Å². The summed E-state index contributed by atoms with van der Waals surface area (Å²) in [7, 11) is 0. The number of benzene rings is 1. The Morgan fingerprint density at radius 2 is 2.00 bits per heavy atom. The SMILES string of the molecule is CCCNC(CCOCC(F)(F)F)c1cc(Br)ccc1Br. The molecule has 1 rings (SSSR count). The lowest BCUT2D eigenvalue weighted by Gasteiger charge is -2.21. The van der Waals surface area contributed by atoms with Crippen LogP contribution in [0.25, 0.3) is 0 Å². The van der Waals surface area contributed by atoms with Gasteiger partial charge in [-0.15, -0.1) is 0 Å². The van der Waals surface area contributed by atoms with Gasteiger partial charge in [-0.3, -0.25) is 0 Å². The van der Waals surface area contributed by atoms with Crippen LogP contribution < -0.4 is 5.32 Å². The van der Waals surface area contributed by atoms with E-state index < -0.39 is 12.8 Å². The van der Waals surface area contributed by atoms with Crippen LogP contribution in [0.1, 0.15) is 31.4 Å². The minimum absolute atomic E-state index is 0.0509. The predicted molar refractivity (Wildman–Crippen MR) is 84.4 cm³/mol. The van der Waals surface area contributed by atoms with Crippen LogP contribution >= 0.6 is 31.9 Å². The Balaban J connectivity index is 2.65. The molecule has 0 spiro atoms. The molecule has 0 heterocycles. The van der Waals surface area contributed by atoms with Gasteiger partial charge in [-0.05, 0) is 43.1 Å². The largest absolute Gasteiger partial charge is 0.411 e. The van der Waals surface area contributed by atoms with Gasteiger partial charge in [0.25, 0.3) is 0 Å². The molecule has 1 N–H and O–H groups in total. The number of nitrogens with one attached hydrogen (secondary N) is 1. The average Bonchev–Trinajstić information content (AvgIpc) is 2.40. The lowest BCUT2D eigenvalue weighted by molar-refractivity contribution is -0.174. The van der Waals surface area contributed by atoms with Crippen molar-refractivity contribution >= 4 is 31.9 Å². The minimum Gasteiger partial charge on any atom is -0.372 e. The van der Waals surface area contributed by atoms with E-state index in [1.54, 1.807) is 0 Å². The van der Waals surface area contributed by atoms with Gasteiger partial charge in [-0.2, -0.15) is 13.2 Å². The van der Waals surface area contributed by atoms with Crippen molar-refractivity contribution < 1.29 is 17.9 Å². The molecule has 0 aliphatic heterocycles. The van der Waals surface area contributed by atoms with E-state index in [1.165, 1.54) is 0 Å². The molecule has 0 bridgehead atoms. The predicted octanol–water partition coefficient (Wildman–Crippen LogP) is 5.22. The van der Waals surface area contributed by atoms with E-state index in [9.17, 15) is 13.2 Å². The van der Waals surface area contributed by atoms with Gasteiger partial charge in [-0.1, -0.05) is 38.8 Å².